The minimum absolute atomic E-state index is 0. The highest BCUT2D eigenvalue weighted by Crippen LogP contribution is 1.42. The first-order chi connectivity index (χ1) is 3.46. The molecule has 96 valence electrons. The Balaban J connectivity index is -0.00000000600. The number of carboxylic acids is 2. The molecule has 0 saturated carbocycles. The van der Waals surface area contributed by atoms with Gasteiger partial charge in [0.1, 0.15) is 0 Å². The second kappa shape index (κ2) is 60.6. The van der Waals surface area contributed by atoms with Gasteiger partial charge >= 0.3 is 0 Å². The average molecular weight is 228 g/mol. The van der Waals surface area contributed by atoms with Gasteiger partial charge in [-0.2, -0.15) is 0 Å². The molecule has 0 rings (SSSR count). The van der Waals surface area contributed by atoms with E-state index in [1.54, 1.807) is 0 Å². The minimum atomic E-state index is -0.833. The normalized spacial score (nSPS) is 3.57. The van der Waals surface area contributed by atoms with Crippen molar-refractivity contribution >= 4 is 11.9 Å². The summed E-state index contributed by atoms with van der Waals surface area (Å²) in [4.78, 5) is 18.0. The minimum Gasteiger partial charge on any atom is -0.481 e. The second-order valence-electron chi connectivity index (χ2n) is 1.04. The lowest BCUT2D eigenvalue weighted by molar-refractivity contribution is -0.135. The number of aliphatic carboxylic acids is 2. The fourth-order valence-corrected chi connectivity index (χ4v) is 0. The van der Waals surface area contributed by atoms with E-state index < -0.39 is 11.9 Å². The Morgan fingerprint density at radius 1 is 0.643 bits per heavy atom. The topological polar surface area (TPSA) is 264 Å². The second-order valence-corrected chi connectivity index (χ2v) is 1.04. The molecule has 0 aromatic carbocycles. The SMILES string of the molecule is CC(=O)O.CC(=O)O.O.O.O.O.O.O. The van der Waals surface area contributed by atoms with Crippen LogP contribution in [-0.4, -0.2) is 55.0 Å². The zero-order valence-electron chi connectivity index (χ0n) is 7.71. The number of rotatable bonds is 0. The highest BCUT2D eigenvalue weighted by atomic mass is 16.4. The quantitative estimate of drug-likeness (QED) is 0.412. The van der Waals surface area contributed by atoms with E-state index in [9.17, 15) is 0 Å². The maximum Gasteiger partial charge on any atom is 0.300 e. The first-order valence-corrected chi connectivity index (χ1v) is 1.86. The van der Waals surface area contributed by atoms with Crippen molar-refractivity contribution in [2.24, 2.45) is 0 Å². The van der Waals surface area contributed by atoms with Crippen molar-refractivity contribution in [1.29, 1.82) is 0 Å². The van der Waals surface area contributed by atoms with Gasteiger partial charge in [-0.05, 0) is 0 Å². The van der Waals surface area contributed by atoms with E-state index in [1.165, 1.54) is 0 Å². The van der Waals surface area contributed by atoms with Crippen LogP contribution in [0.4, 0.5) is 0 Å². The van der Waals surface area contributed by atoms with E-state index in [0.717, 1.165) is 13.8 Å². The van der Waals surface area contributed by atoms with Crippen LogP contribution in [0, 0.1) is 0 Å². The number of carboxylic acid groups (broad SMARTS) is 2. The van der Waals surface area contributed by atoms with Gasteiger partial charge in [-0.25, -0.2) is 0 Å². The average Bonchev–Trinajstić information content (AvgIpc) is 1.25. The Morgan fingerprint density at radius 2 is 0.643 bits per heavy atom. The summed E-state index contributed by atoms with van der Waals surface area (Å²) in [5, 5.41) is 14.8. The molecule has 0 spiro atoms. The molecule has 0 atom stereocenters. The van der Waals surface area contributed by atoms with Gasteiger partial charge in [-0.3, -0.25) is 9.59 Å². The van der Waals surface area contributed by atoms with E-state index in [1.807, 2.05) is 0 Å². The summed E-state index contributed by atoms with van der Waals surface area (Å²) in [7, 11) is 0. The van der Waals surface area contributed by atoms with Crippen LogP contribution in [-0.2, 0) is 9.59 Å². The zero-order valence-corrected chi connectivity index (χ0v) is 7.71. The molecule has 0 aromatic rings. The Hall–Kier alpha value is -1.30. The van der Waals surface area contributed by atoms with Gasteiger partial charge in [0, 0.05) is 13.8 Å². The van der Waals surface area contributed by atoms with E-state index in [2.05, 4.69) is 0 Å². The molecule has 0 aliphatic heterocycles. The van der Waals surface area contributed by atoms with Crippen LogP contribution in [0.15, 0.2) is 0 Å². The molecule has 0 radical (unpaired) electrons. The number of hydrogen-bond acceptors (Lipinski definition) is 2. The molecule has 0 bridgehead atoms. The molecule has 0 saturated heterocycles. The van der Waals surface area contributed by atoms with Crippen molar-refractivity contribution in [3.8, 4) is 0 Å². The third kappa shape index (κ3) is 596. The lowest BCUT2D eigenvalue weighted by Crippen LogP contribution is -1.78. The van der Waals surface area contributed by atoms with Crippen LogP contribution in [0.3, 0.4) is 0 Å². The smallest absolute Gasteiger partial charge is 0.300 e. The van der Waals surface area contributed by atoms with Crippen LogP contribution in [0.25, 0.3) is 0 Å². The summed E-state index contributed by atoms with van der Waals surface area (Å²) in [6, 6.07) is 0. The summed E-state index contributed by atoms with van der Waals surface area (Å²) in [6.07, 6.45) is 0. The number of carbonyl (C=O) groups is 2. The first-order valence-electron chi connectivity index (χ1n) is 1.86. The van der Waals surface area contributed by atoms with Gasteiger partial charge in [0.25, 0.3) is 11.9 Å². The van der Waals surface area contributed by atoms with Gasteiger partial charge in [0.2, 0.25) is 0 Å². The molecule has 0 aliphatic carbocycles. The molecule has 0 aromatic heterocycles. The highest BCUT2D eigenvalue weighted by Gasteiger charge is 1.65. The van der Waals surface area contributed by atoms with Gasteiger partial charge in [0.05, 0.1) is 0 Å². The van der Waals surface area contributed by atoms with Crippen LogP contribution in [0.1, 0.15) is 13.8 Å². The molecular formula is C4H20O10. The van der Waals surface area contributed by atoms with Crippen LogP contribution < -0.4 is 0 Å². The predicted molar refractivity (Wildman–Crippen MR) is 48.3 cm³/mol. The molecule has 0 unspecified atom stereocenters. The van der Waals surface area contributed by atoms with Crippen LogP contribution in [0.2, 0.25) is 0 Å². The summed E-state index contributed by atoms with van der Waals surface area (Å²) in [5.41, 5.74) is 0. The monoisotopic (exact) mass is 228 g/mol. The predicted octanol–water partition coefficient (Wildman–Crippen LogP) is -4.77. The Bertz CT molecular complexity index is 70.1. The molecule has 14 heavy (non-hydrogen) atoms. The fourth-order valence-electron chi connectivity index (χ4n) is 0. The van der Waals surface area contributed by atoms with Crippen molar-refractivity contribution in [3.63, 3.8) is 0 Å². The summed E-state index contributed by atoms with van der Waals surface area (Å²) < 4.78 is 0. The Kier molecular flexibility index (Phi) is 341. The van der Waals surface area contributed by atoms with Crippen molar-refractivity contribution in [1.82, 2.24) is 0 Å². The van der Waals surface area contributed by atoms with Crippen LogP contribution in [0.5, 0.6) is 0 Å². The lowest BCUT2D eigenvalue weighted by Gasteiger charge is -1.59. The number of hydrogen-bond donors (Lipinski definition) is 2. The van der Waals surface area contributed by atoms with E-state index >= 15 is 0 Å². The molecular weight excluding hydrogens is 208 g/mol. The molecule has 0 aliphatic rings. The maximum atomic E-state index is 9.00. The summed E-state index contributed by atoms with van der Waals surface area (Å²) in [5.74, 6) is -1.67. The third-order valence-electron chi connectivity index (χ3n) is 0. The maximum absolute atomic E-state index is 9.00. The third-order valence-corrected chi connectivity index (χ3v) is 0. The Morgan fingerprint density at radius 3 is 0.643 bits per heavy atom. The molecule has 0 fully saturated rings. The van der Waals surface area contributed by atoms with E-state index in [-0.39, 0.29) is 32.9 Å². The lowest BCUT2D eigenvalue weighted by atomic mass is 10.9. The summed E-state index contributed by atoms with van der Waals surface area (Å²) in [6.45, 7) is 2.17. The van der Waals surface area contributed by atoms with Crippen molar-refractivity contribution in [3.05, 3.63) is 0 Å². The van der Waals surface area contributed by atoms with Gasteiger partial charge in [-0.1, -0.05) is 0 Å². The largest absolute Gasteiger partial charge is 0.481 e. The van der Waals surface area contributed by atoms with E-state index in [0.29, 0.717) is 0 Å². The Labute approximate surface area is 79.6 Å². The standard InChI is InChI=1S/2C2H4O2.6H2O/c2*1-2(3)4;;;;;;/h2*1H3,(H,3,4);6*1H2. The summed E-state index contributed by atoms with van der Waals surface area (Å²) >= 11 is 0. The van der Waals surface area contributed by atoms with Crippen molar-refractivity contribution in [2.45, 2.75) is 13.8 Å². The molecule has 0 amide bonds. The van der Waals surface area contributed by atoms with Gasteiger partial charge < -0.3 is 43.1 Å². The van der Waals surface area contributed by atoms with E-state index in [4.69, 9.17) is 19.8 Å². The molecule has 10 nitrogen and oxygen atoms in total. The molecule has 10 heteroatoms. The fraction of sp³-hybridized carbons (Fsp3) is 0.500. The highest BCUT2D eigenvalue weighted by molar-refractivity contribution is 5.63. The van der Waals surface area contributed by atoms with Crippen LogP contribution >= 0.6 is 0 Å². The van der Waals surface area contributed by atoms with Crippen molar-refractivity contribution < 1.29 is 52.7 Å². The van der Waals surface area contributed by atoms with Crippen molar-refractivity contribution in [2.75, 3.05) is 0 Å². The molecule has 14 N–H and O–H groups in total. The first kappa shape index (κ1) is 78.7. The van der Waals surface area contributed by atoms with Gasteiger partial charge in [0.15, 0.2) is 0 Å². The van der Waals surface area contributed by atoms with Gasteiger partial charge in [-0.15, -0.1) is 0 Å². The molecule has 0 heterocycles. The zero-order chi connectivity index (χ0) is 7.15.